The summed E-state index contributed by atoms with van der Waals surface area (Å²) in [4.78, 5) is 108. The summed E-state index contributed by atoms with van der Waals surface area (Å²) in [6, 6.07) is 12.9. The zero-order valence-corrected chi connectivity index (χ0v) is 46.6. The Morgan fingerprint density at radius 1 is 1.06 bits per heavy atom. The van der Waals surface area contributed by atoms with E-state index >= 15 is 0 Å². The molecule has 28 nitrogen and oxygen atoms in total. The van der Waals surface area contributed by atoms with E-state index in [1.54, 1.807) is 18.2 Å². The number of hydrogen-bond donors (Lipinski definition) is 4. The Labute approximate surface area is 459 Å². The second-order valence-corrected chi connectivity index (χ2v) is 22.8. The number of rotatable bonds is 29. The second kappa shape index (κ2) is 28.3. The second-order valence-electron chi connectivity index (χ2n) is 18.6. The van der Waals surface area contributed by atoms with Crippen LogP contribution in [0.4, 0.5) is 11.6 Å². The molecule has 4 aromatic rings. The van der Waals surface area contributed by atoms with Crippen molar-refractivity contribution >= 4 is 63.7 Å². The van der Waals surface area contributed by atoms with Gasteiger partial charge in [0.1, 0.15) is 31.0 Å². The molecule has 2 aliphatic heterocycles. The minimum atomic E-state index is -6.17. The van der Waals surface area contributed by atoms with Crippen molar-refractivity contribution in [3.63, 3.8) is 0 Å². The maximum atomic E-state index is 13.0. The molecule has 2 aromatic carbocycles. The quantitative estimate of drug-likeness (QED) is 0.0151. The first-order valence-electron chi connectivity index (χ1n) is 24.9. The molecule has 3 unspecified atom stereocenters. The Kier molecular flexibility index (Phi) is 22.2. The Morgan fingerprint density at radius 3 is 2.59 bits per heavy atom. The number of azide groups is 1. The van der Waals surface area contributed by atoms with Crippen molar-refractivity contribution in [1.82, 2.24) is 25.2 Å². The van der Waals surface area contributed by atoms with Crippen LogP contribution in [0.25, 0.3) is 21.5 Å². The van der Waals surface area contributed by atoms with E-state index in [4.69, 9.17) is 30.2 Å². The lowest BCUT2D eigenvalue weighted by Crippen LogP contribution is -2.29. The minimum absolute atomic E-state index is 0.000852. The first-order valence-corrected chi connectivity index (χ1v) is 29.3. The van der Waals surface area contributed by atoms with Crippen LogP contribution in [-0.2, 0) is 56.1 Å². The molecule has 0 aliphatic carbocycles. The zero-order chi connectivity index (χ0) is 58.3. The number of aromatic amines is 1. The van der Waals surface area contributed by atoms with Gasteiger partial charge in [0.15, 0.2) is 11.9 Å². The van der Waals surface area contributed by atoms with Gasteiger partial charge < -0.3 is 73.4 Å². The van der Waals surface area contributed by atoms with Gasteiger partial charge in [-0.25, -0.2) is 4.31 Å². The molecule has 2 aromatic heterocycles. The van der Waals surface area contributed by atoms with Crippen molar-refractivity contribution in [1.29, 1.82) is 0 Å². The van der Waals surface area contributed by atoms with Crippen LogP contribution in [0.5, 0.6) is 5.75 Å². The van der Waals surface area contributed by atoms with Crippen LogP contribution in [0.1, 0.15) is 92.6 Å². The van der Waals surface area contributed by atoms with E-state index in [0.717, 1.165) is 5.69 Å². The largest absolute Gasteiger partial charge is 0.790 e. The molecule has 1 saturated heterocycles. The molecule has 432 valence electrons. The van der Waals surface area contributed by atoms with E-state index in [1.807, 2.05) is 19.1 Å². The molecule has 2 aliphatic rings. The number of carbonyl (C=O) groups excluding carboxylic acids is 3. The molecule has 5 atom stereocenters. The van der Waals surface area contributed by atoms with Gasteiger partial charge in [-0.2, -0.15) is 4.98 Å². The van der Waals surface area contributed by atoms with Gasteiger partial charge >= 0.3 is 0 Å². The third kappa shape index (κ3) is 18.3. The van der Waals surface area contributed by atoms with Gasteiger partial charge in [0, 0.05) is 59.4 Å². The zero-order valence-electron chi connectivity index (χ0n) is 43.9. The highest BCUT2D eigenvalue weighted by molar-refractivity contribution is 7.64. The Bertz CT molecular complexity index is 3290. The fourth-order valence-electron chi connectivity index (χ4n) is 8.63. The van der Waals surface area contributed by atoms with Crippen LogP contribution < -0.4 is 51.1 Å². The lowest BCUT2D eigenvalue weighted by Gasteiger charge is -2.37. The van der Waals surface area contributed by atoms with Crippen molar-refractivity contribution in [2.24, 2.45) is 5.11 Å². The molecular formula is C49H59N10O18P3-4. The lowest BCUT2D eigenvalue weighted by molar-refractivity contribution is -0.339. The number of aryl methyl sites for hydroxylation is 1. The van der Waals surface area contributed by atoms with Gasteiger partial charge in [0.2, 0.25) is 11.9 Å². The number of aromatic nitrogens is 3. The number of ketones is 1. The number of nitrogen functional groups attached to an aromatic ring is 1. The molecule has 0 saturated carbocycles. The third-order valence-electron chi connectivity index (χ3n) is 12.2. The molecule has 0 radical (unpaired) electrons. The number of H-pyrrole nitrogens is 1. The molecule has 31 heteroatoms. The number of fused-ring (bicyclic) bond motifs is 2. The highest BCUT2D eigenvalue weighted by Gasteiger charge is 2.39. The first kappa shape index (κ1) is 62.7. The summed E-state index contributed by atoms with van der Waals surface area (Å²) >= 11 is 0. The van der Waals surface area contributed by atoms with E-state index in [-0.39, 0.29) is 78.9 Å². The van der Waals surface area contributed by atoms with Gasteiger partial charge in [0.05, 0.1) is 51.2 Å². The van der Waals surface area contributed by atoms with Crippen LogP contribution in [0, 0.1) is 18.8 Å². The van der Waals surface area contributed by atoms with E-state index in [9.17, 15) is 52.4 Å². The summed E-state index contributed by atoms with van der Waals surface area (Å²) in [5, 5.41) is 8.96. The topological polar surface area (TPSA) is 412 Å². The van der Waals surface area contributed by atoms with Gasteiger partial charge in [-0.05, 0) is 81.0 Å². The fourth-order valence-corrected chi connectivity index (χ4v) is 11.5. The molecule has 0 bridgehead atoms. The van der Waals surface area contributed by atoms with Crippen LogP contribution in [0.3, 0.4) is 0 Å². The maximum Gasteiger partial charge on any atom is 0.278 e. The fraction of sp³-hybridized carbons (Fsp3) is 0.449. The molecular weight excluding hydrogens is 1110 g/mol. The smallest absolute Gasteiger partial charge is 0.278 e. The molecule has 5 N–H and O–H groups in total. The number of benzene rings is 2. The van der Waals surface area contributed by atoms with Crippen LogP contribution >= 0.6 is 23.5 Å². The van der Waals surface area contributed by atoms with E-state index < -0.39 is 66.7 Å². The maximum absolute atomic E-state index is 13.0. The van der Waals surface area contributed by atoms with Crippen LogP contribution in [0.2, 0.25) is 0 Å². The van der Waals surface area contributed by atoms with Crippen molar-refractivity contribution in [2.75, 3.05) is 63.3 Å². The number of nitrogens with two attached hydrogens (primary N) is 1. The number of amides is 2. The molecule has 80 heavy (non-hydrogen) atoms. The number of phosphoric acid groups is 3. The predicted octanol–water partition coefficient (Wildman–Crippen LogP) is 3.44. The standard InChI is InChI=1S/C49H63N10O18P3/c1-5-6-16-40-49(3,4)38-26-32(2)17-19-39(38)58(40)23-10-14-35(60)13-9-22-53-46(62)33-11-7-15-36(27-33)73-31-42(56-57-51)72-25-24-71-30-41(61)52-21-8-12-34-28-59(45-44(34)47(63)55-48(50)54-45)43-20-18-37(75-43)29-74-79(67,68)77-80(69,70)76-78(64,65)66/h5-7,11,15-17,19,26-28,37,42-43H,9-10,13-14,18,20-25,29-31H2,1-4H3,(H,52,61)(H,53,62)(H,67,68)(H,69,70)(H2,64,65,66)(H3,50,54,55,63)/p-4/b6-5+,40-16+/t37-,42?,43+/m0/s1. The number of Topliss-reactive ketones (excluding diaryl/α,β-unsaturated/α-hetero) is 1. The third-order valence-corrected chi connectivity index (χ3v) is 15.9. The highest BCUT2D eigenvalue weighted by Crippen LogP contribution is 2.60. The van der Waals surface area contributed by atoms with Gasteiger partial charge in [-0.15, -0.1) is 0 Å². The molecule has 4 heterocycles. The van der Waals surface area contributed by atoms with Crippen molar-refractivity contribution in [3.05, 3.63) is 116 Å². The average Bonchev–Trinajstić information content (AvgIpc) is 4.05. The van der Waals surface area contributed by atoms with Gasteiger partial charge in [0.25, 0.3) is 27.1 Å². The molecule has 0 spiro atoms. The van der Waals surface area contributed by atoms with E-state index in [1.165, 1.54) is 33.7 Å². The SMILES string of the molecule is C/C=C/C=C1/N(CCCC(=O)CCCNC(=O)c2cccc(OCC(N=[N+]=[N-])OCCOCC(=O)NCC#Cc3cn([C@H]4CC[C@@H](COP(=O)([O-])OP(=O)([O-])OP(=O)([O-])[O-])O4)c4nc(N)[nH]c(=O)c34)c2)c2ccc(C)cc2C1(C)C. The Hall–Kier alpha value is -6.49. The summed E-state index contributed by atoms with van der Waals surface area (Å²) < 4.78 is 69.2. The van der Waals surface area contributed by atoms with Gasteiger partial charge in [-0.1, -0.05) is 66.7 Å². The Morgan fingerprint density at radius 2 is 1.84 bits per heavy atom. The number of phosphoric ester groups is 1. The predicted molar refractivity (Wildman–Crippen MR) is 281 cm³/mol. The summed E-state index contributed by atoms with van der Waals surface area (Å²) in [6.07, 6.45) is 6.80. The van der Waals surface area contributed by atoms with Crippen molar-refractivity contribution < 1.29 is 79.7 Å². The van der Waals surface area contributed by atoms with E-state index in [0.29, 0.717) is 50.1 Å². The Balaban J connectivity index is 0.875. The number of anilines is 2. The number of carbonyl (C=O) groups is 3. The van der Waals surface area contributed by atoms with E-state index in [2.05, 4.69) is 106 Å². The summed E-state index contributed by atoms with van der Waals surface area (Å²) in [5.41, 5.74) is 19.4. The number of allylic oxidation sites excluding steroid dienone is 4. The summed E-state index contributed by atoms with van der Waals surface area (Å²) in [5.74, 6) is 4.73. The molecule has 1 fully saturated rings. The summed E-state index contributed by atoms with van der Waals surface area (Å²) in [6.45, 7) is 7.68. The van der Waals surface area contributed by atoms with Crippen molar-refractivity contribution in [3.8, 4) is 17.6 Å². The number of nitrogens with zero attached hydrogens (tertiary/aromatic N) is 6. The highest BCUT2D eigenvalue weighted by atomic mass is 31.3. The van der Waals surface area contributed by atoms with Gasteiger partial charge in [-0.3, -0.25) is 37.6 Å². The molecule has 2 amide bonds. The number of hydrogen-bond acceptors (Lipinski definition) is 22. The number of ether oxygens (including phenoxy) is 4. The first-order chi connectivity index (χ1) is 37.9. The number of nitrogens with one attached hydrogen (secondary N) is 3. The normalized spacial score (nSPS) is 18.2. The van der Waals surface area contributed by atoms with Crippen molar-refractivity contribution in [2.45, 2.75) is 90.2 Å². The van der Waals surface area contributed by atoms with Crippen LogP contribution in [0.15, 0.2) is 82.5 Å². The average molecular weight is 1170 g/mol. The van der Waals surface area contributed by atoms with Crippen LogP contribution in [-0.4, -0.2) is 97.1 Å². The summed E-state index contributed by atoms with van der Waals surface area (Å²) in [7, 11) is -18.1. The molecule has 6 rings (SSSR count). The monoisotopic (exact) mass is 1170 g/mol. The minimum Gasteiger partial charge on any atom is -0.790 e. The lowest BCUT2D eigenvalue weighted by atomic mass is 9.83.